The second-order valence-corrected chi connectivity index (χ2v) is 11.4. The van der Waals surface area contributed by atoms with E-state index in [4.69, 9.17) is 9.47 Å². The Morgan fingerprint density at radius 1 is 0.857 bits per heavy atom. The second-order valence-electron chi connectivity index (χ2n) is 11.4. The number of hydrogen-bond acceptors (Lipinski definition) is 7. The van der Waals surface area contributed by atoms with Gasteiger partial charge in [-0.05, 0) is 44.2 Å². The molecule has 0 aromatic heterocycles. The molecule has 42 heavy (non-hydrogen) atoms. The molecular formula is C32H45N3O7. The standard InChI is InChI=1S/C32H45N3O7/c1-7-21(2)28(29(38)33-25(30(39)41-6)19-23-16-12-9-13-17-23)35-27(37)20-26(36)24(18-22-14-10-8-11-15-22)34-31(40)42-32(3,4)5/h8-17,21,24-26,28,36H,7,18-20H2,1-6H3,(H,33,38)(H,34,40)(H,35,37)/t21-,24+,25-,26+,28-/m1/s1. The van der Waals surface area contributed by atoms with E-state index in [1.54, 1.807) is 20.8 Å². The van der Waals surface area contributed by atoms with Crippen LogP contribution in [0.25, 0.3) is 0 Å². The lowest BCUT2D eigenvalue weighted by atomic mass is 9.96. The van der Waals surface area contributed by atoms with Gasteiger partial charge in [0.05, 0.1) is 25.7 Å². The third-order valence-corrected chi connectivity index (χ3v) is 6.76. The third kappa shape index (κ3) is 11.9. The highest BCUT2D eigenvalue weighted by atomic mass is 16.6. The maximum absolute atomic E-state index is 13.4. The van der Waals surface area contributed by atoms with Crippen molar-refractivity contribution in [3.63, 3.8) is 0 Å². The minimum atomic E-state index is -1.28. The summed E-state index contributed by atoms with van der Waals surface area (Å²) in [6.45, 7) is 8.88. The van der Waals surface area contributed by atoms with Crippen molar-refractivity contribution in [2.24, 2.45) is 5.92 Å². The molecule has 2 rings (SSSR count). The molecule has 0 aliphatic carbocycles. The highest BCUT2D eigenvalue weighted by Crippen LogP contribution is 2.14. The lowest BCUT2D eigenvalue weighted by Gasteiger charge is -2.28. The fourth-order valence-electron chi connectivity index (χ4n) is 4.32. The minimum absolute atomic E-state index is 0.219. The normalized spacial score (nSPS) is 14.8. The lowest BCUT2D eigenvalue weighted by molar-refractivity contribution is -0.145. The van der Waals surface area contributed by atoms with Crippen LogP contribution in [0.4, 0.5) is 4.79 Å². The highest BCUT2D eigenvalue weighted by Gasteiger charge is 2.32. The summed E-state index contributed by atoms with van der Waals surface area (Å²) in [7, 11) is 1.25. The summed E-state index contributed by atoms with van der Waals surface area (Å²) >= 11 is 0. The fourth-order valence-corrected chi connectivity index (χ4v) is 4.32. The summed E-state index contributed by atoms with van der Waals surface area (Å²) in [5.41, 5.74) is 0.938. The van der Waals surface area contributed by atoms with Gasteiger partial charge in [-0.15, -0.1) is 0 Å². The van der Waals surface area contributed by atoms with Gasteiger partial charge in [0.25, 0.3) is 0 Å². The van der Waals surface area contributed by atoms with E-state index in [0.29, 0.717) is 6.42 Å². The Labute approximate surface area is 248 Å². The van der Waals surface area contributed by atoms with Crippen LogP contribution in [0.3, 0.4) is 0 Å². The van der Waals surface area contributed by atoms with Crippen LogP contribution >= 0.6 is 0 Å². The van der Waals surface area contributed by atoms with Crippen molar-refractivity contribution in [2.75, 3.05) is 7.11 Å². The van der Waals surface area contributed by atoms with Crippen LogP contribution in [0.5, 0.6) is 0 Å². The van der Waals surface area contributed by atoms with E-state index in [0.717, 1.165) is 11.1 Å². The Bertz CT molecular complexity index is 1150. The van der Waals surface area contributed by atoms with Gasteiger partial charge in [-0.3, -0.25) is 9.59 Å². The van der Waals surface area contributed by atoms with Crippen LogP contribution in [0.2, 0.25) is 0 Å². The number of carbonyl (C=O) groups is 4. The first-order chi connectivity index (χ1) is 19.8. The molecule has 0 radical (unpaired) electrons. The number of amides is 3. The monoisotopic (exact) mass is 583 g/mol. The molecule has 5 atom stereocenters. The summed E-state index contributed by atoms with van der Waals surface area (Å²) in [5.74, 6) is -1.99. The molecule has 0 fully saturated rings. The van der Waals surface area contributed by atoms with Crippen LogP contribution in [-0.4, -0.2) is 65.9 Å². The first kappa shape index (κ1) is 34.3. The molecule has 10 heteroatoms. The Morgan fingerprint density at radius 3 is 1.90 bits per heavy atom. The van der Waals surface area contributed by atoms with Gasteiger partial charge in [0.2, 0.25) is 11.8 Å². The van der Waals surface area contributed by atoms with E-state index in [1.165, 1.54) is 7.11 Å². The first-order valence-electron chi connectivity index (χ1n) is 14.3. The van der Waals surface area contributed by atoms with Crippen molar-refractivity contribution >= 4 is 23.9 Å². The van der Waals surface area contributed by atoms with Gasteiger partial charge >= 0.3 is 12.1 Å². The van der Waals surface area contributed by atoms with Crippen LogP contribution in [-0.2, 0) is 36.7 Å². The number of benzene rings is 2. The molecule has 0 aliphatic heterocycles. The number of hydrogen-bond donors (Lipinski definition) is 4. The molecule has 2 aromatic rings. The number of nitrogens with one attached hydrogen (secondary N) is 3. The van der Waals surface area contributed by atoms with Gasteiger partial charge in [0, 0.05) is 6.42 Å². The Kier molecular flexibility index (Phi) is 13.5. The van der Waals surface area contributed by atoms with Crippen LogP contribution in [0.15, 0.2) is 60.7 Å². The molecule has 0 spiro atoms. The van der Waals surface area contributed by atoms with E-state index in [-0.39, 0.29) is 25.2 Å². The molecule has 0 bridgehead atoms. The smallest absolute Gasteiger partial charge is 0.407 e. The lowest BCUT2D eigenvalue weighted by Crippen LogP contribution is -2.55. The molecule has 0 saturated heterocycles. The van der Waals surface area contributed by atoms with Crippen LogP contribution in [0, 0.1) is 5.92 Å². The average Bonchev–Trinajstić information content (AvgIpc) is 2.94. The van der Waals surface area contributed by atoms with Crippen molar-refractivity contribution < 1.29 is 33.8 Å². The maximum Gasteiger partial charge on any atom is 0.407 e. The molecule has 230 valence electrons. The van der Waals surface area contributed by atoms with Crippen LogP contribution in [0.1, 0.15) is 58.6 Å². The second kappa shape index (κ2) is 16.5. The molecule has 0 unspecified atom stereocenters. The van der Waals surface area contributed by atoms with Gasteiger partial charge in [-0.25, -0.2) is 9.59 Å². The Morgan fingerprint density at radius 2 is 1.40 bits per heavy atom. The summed E-state index contributed by atoms with van der Waals surface area (Å²) < 4.78 is 10.3. The van der Waals surface area contributed by atoms with Gasteiger partial charge < -0.3 is 30.5 Å². The summed E-state index contributed by atoms with van der Waals surface area (Å²) in [6, 6.07) is 15.7. The zero-order chi connectivity index (χ0) is 31.3. The molecule has 3 amide bonds. The fraction of sp³-hybridized carbons (Fsp3) is 0.500. The molecule has 0 saturated carbocycles. The topological polar surface area (TPSA) is 143 Å². The van der Waals surface area contributed by atoms with Gasteiger partial charge in [0.15, 0.2) is 0 Å². The summed E-state index contributed by atoms with van der Waals surface area (Å²) in [4.78, 5) is 51.5. The van der Waals surface area contributed by atoms with Gasteiger partial charge in [0.1, 0.15) is 17.7 Å². The van der Waals surface area contributed by atoms with E-state index < -0.39 is 53.7 Å². The molecule has 10 nitrogen and oxygen atoms in total. The summed E-state index contributed by atoms with van der Waals surface area (Å²) in [6.07, 6.45) is -1.33. The molecule has 0 heterocycles. The van der Waals surface area contributed by atoms with E-state index in [2.05, 4.69) is 16.0 Å². The number of methoxy groups -OCH3 is 1. The number of esters is 1. The largest absolute Gasteiger partial charge is 0.467 e. The average molecular weight is 584 g/mol. The minimum Gasteiger partial charge on any atom is -0.467 e. The first-order valence-corrected chi connectivity index (χ1v) is 14.3. The van der Waals surface area contributed by atoms with Gasteiger partial charge in [-0.2, -0.15) is 0 Å². The number of aliphatic hydroxyl groups excluding tert-OH is 1. The van der Waals surface area contributed by atoms with Crippen LogP contribution < -0.4 is 16.0 Å². The number of alkyl carbamates (subject to hydrolysis) is 1. The van der Waals surface area contributed by atoms with Crippen molar-refractivity contribution in [3.8, 4) is 0 Å². The van der Waals surface area contributed by atoms with Crippen molar-refractivity contribution in [2.45, 2.75) is 90.1 Å². The number of ether oxygens (including phenoxy) is 2. The van der Waals surface area contributed by atoms with Crippen molar-refractivity contribution in [1.29, 1.82) is 0 Å². The molecular weight excluding hydrogens is 538 g/mol. The molecule has 0 aliphatic rings. The Hall–Kier alpha value is -3.92. The molecule has 2 aromatic carbocycles. The SMILES string of the molecule is CC[C@@H](C)[C@@H](NC(=O)C[C@H](O)[C@H](Cc1ccccc1)NC(=O)OC(C)(C)C)C(=O)N[C@H](Cc1ccccc1)C(=O)OC. The zero-order valence-corrected chi connectivity index (χ0v) is 25.4. The zero-order valence-electron chi connectivity index (χ0n) is 25.4. The van der Waals surface area contributed by atoms with Gasteiger partial charge in [-0.1, -0.05) is 80.9 Å². The van der Waals surface area contributed by atoms with Crippen molar-refractivity contribution in [3.05, 3.63) is 71.8 Å². The quantitative estimate of drug-likeness (QED) is 0.250. The highest BCUT2D eigenvalue weighted by molar-refractivity contribution is 5.91. The van der Waals surface area contributed by atoms with E-state index in [9.17, 15) is 24.3 Å². The summed E-state index contributed by atoms with van der Waals surface area (Å²) in [5, 5.41) is 19.2. The predicted molar refractivity (Wildman–Crippen MR) is 159 cm³/mol. The number of aliphatic hydroxyl groups is 1. The third-order valence-electron chi connectivity index (χ3n) is 6.76. The molecule has 4 N–H and O–H groups in total. The number of rotatable bonds is 14. The van der Waals surface area contributed by atoms with Crippen molar-refractivity contribution in [1.82, 2.24) is 16.0 Å². The predicted octanol–water partition coefficient (Wildman–Crippen LogP) is 3.30. The van der Waals surface area contributed by atoms with E-state index in [1.807, 2.05) is 74.5 Å². The number of carbonyl (C=O) groups excluding carboxylic acids is 4. The van der Waals surface area contributed by atoms with E-state index >= 15 is 0 Å². The maximum atomic E-state index is 13.4. The Balaban J connectivity index is 2.15.